The van der Waals surface area contributed by atoms with E-state index in [1.165, 1.54) is 89.9 Å². The van der Waals surface area contributed by atoms with Gasteiger partial charge in [-0.3, -0.25) is 14.5 Å². The molecule has 0 spiro atoms. The Morgan fingerprint density at radius 2 is 1.15 bits per heavy atom. The second-order valence-electron chi connectivity index (χ2n) is 11.9. The lowest BCUT2D eigenvalue weighted by Gasteiger charge is -2.28. The number of rotatable bonds is 27. The Morgan fingerprint density at radius 1 is 0.692 bits per heavy atom. The third kappa shape index (κ3) is 20.4. The SMILES string of the molecule is CCCCCCCCCCC(O)CN(CCCCC1NC(=O)CNC1=O)CC(O)CCCCCCCCCC. The van der Waals surface area contributed by atoms with Crippen LogP contribution in [0.15, 0.2) is 0 Å². The largest absolute Gasteiger partial charge is 0.392 e. The van der Waals surface area contributed by atoms with Crippen LogP contribution in [0.2, 0.25) is 0 Å². The smallest absolute Gasteiger partial charge is 0.243 e. The summed E-state index contributed by atoms with van der Waals surface area (Å²) < 4.78 is 0. The minimum atomic E-state index is -0.445. The summed E-state index contributed by atoms with van der Waals surface area (Å²) in [5.74, 6) is -0.234. The summed E-state index contributed by atoms with van der Waals surface area (Å²) in [5, 5.41) is 26.9. The number of hydrogen-bond donors (Lipinski definition) is 4. The average Bonchev–Trinajstić information content (AvgIpc) is 2.91. The molecule has 0 aromatic heterocycles. The molecule has 0 radical (unpaired) electrons. The highest BCUT2D eigenvalue weighted by Crippen LogP contribution is 2.14. The lowest BCUT2D eigenvalue weighted by atomic mass is 10.0. The van der Waals surface area contributed by atoms with Gasteiger partial charge in [0, 0.05) is 13.1 Å². The van der Waals surface area contributed by atoms with Crippen LogP contribution in [-0.4, -0.2) is 71.4 Å². The lowest BCUT2D eigenvalue weighted by Crippen LogP contribution is -2.56. The zero-order valence-electron chi connectivity index (χ0n) is 25.6. The van der Waals surface area contributed by atoms with Gasteiger partial charge >= 0.3 is 0 Å². The highest BCUT2D eigenvalue weighted by atomic mass is 16.3. The minimum absolute atomic E-state index is 0.0661. The molecule has 0 aromatic carbocycles. The van der Waals surface area contributed by atoms with Crippen LogP contribution in [0.1, 0.15) is 149 Å². The van der Waals surface area contributed by atoms with E-state index in [2.05, 4.69) is 29.4 Å². The molecule has 7 heteroatoms. The predicted octanol–water partition coefficient (Wildman–Crippen LogP) is 5.86. The number of carbonyl (C=O) groups is 2. The van der Waals surface area contributed by atoms with Crippen LogP contribution in [0.25, 0.3) is 0 Å². The molecule has 7 nitrogen and oxygen atoms in total. The Bertz CT molecular complexity index is 576. The van der Waals surface area contributed by atoms with E-state index in [4.69, 9.17) is 0 Å². The number of aliphatic hydroxyl groups is 2. The Morgan fingerprint density at radius 3 is 1.64 bits per heavy atom. The van der Waals surface area contributed by atoms with E-state index in [-0.39, 0.29) is 30.6 Å². The van der Waals surface area contributed by atoms with Gasteiger partial charge in [0.2, 0.25) is 11.8 Å². The van der Waals surface area contributed by atoms with Gasteiger partial charge < -0.3 is 20.8 Å². The first-order valence-electron chi connectivity index (χ1n) is 16.6. The summed E-state index contributed by atoms with van der Waals surface area (Å²) in [6, 6.07) is -0.445. The second kappa shape index (κ2) is 24.6. The van der Waals surface area contributed by atoms with Gasteiger partial charge in [0.05, 0.1) is 18.8 Å². The van der Waals surface area contributed by atoms with Gasteiger partial charge in [0.1, 0.15) is 6.04 Å². The van der Waals surface area contributed by atoms with E-state index in [0.717, 1.165) is 45.1 Å². The summed E-state index contributed by atoms with van der Waals surface area (Å²) in [6.07, 6.45) is 23.3. The minimum Gasteiger partial charge on any atom is -0.392 e. The molecule has 1 heterocycles. The zero-order valence-corrected chi connectivity index (χ0v) is 25.6. The monoisotopic (exact) mass is 553 g/mol. The van der Waals surface area contributed by atoms with Crippen LogP contribution in [0.5, 0.6) is 0 Å². The molecule has 1 saturated heterocycles. The molecule has 0 aromatic rings. The van der Waals surface area contributed by atoms with Gasteiger partial charge in [0.25, 0.3) is 0 Å². The van der Waals surface area contributed by atoms with Gasteiger partial charge in [-0.1, -0.05) is 117 Å². The van der Waals surface area contributed by atoms with Crippen LogP contribution in [0.4, 0.5) is 0 Å². The standard InChI is InChI=1S/C32H63N3O4/c1-3-5-7-9-11-13-15-17-21-28(36)26-35(24-20-19-23-30-32(39)33-25-31(38)34-30)27-29(37)22-18-16-14-12-10-8-6-4-2/h28-30,36-37H,3-27H2,1-2H3,(H,33,39)(H,34,38). The van der Waals surface area contributed by atoms with Crippen molar-refractivity contribution < 1.29 is 19.8 Å². The molecule has 1 aliphatic rings. The number of aliphatic hydroxyl groups excluding tert-OH is 2. The molecule has 0 bridgehead atoms. The predicted molar refractivity (Wildman–Crippen MR) is 162 cm³/mol. The molecule has 1 rings (SSSR count). The van der Waals surface area contributed by atoms with E-state index in [9.17, 15) is 19.8 Å². The molecule has 39 heavy (non-hydrogen) atoms. The molecule has 230 valence electrons. The normalized spacial score (nSPS) is 17.3. The summed E-state index contributed by atoms with van der Waals surface area (Å²) in [5.41, 5.74) is 0. The second-order valence-corrected chi connectivity index (χ2v) is 11.9. The first-order valence-corrected chi connectivity index (χ1v) is 16.6. The number of hydrogen-bond acceptors (Lipinski definition) is 5. The van der Waals surface area contributed by atoms with Crippen molar-refractivity contribution in [3.8, 4) is 0 Å². The molecule has 4 N–H and O–H groups in total. The van der Waals surface area contributed by atoms with Crippen molar-refractivity contribution >= 4 is 11.8 Å². The van der Waals surface area contributed by atoms with Gasteiger partial charge in [0.15, 0.2) is 0 Å². The lowest BCUT2D eigenvalue weighted by molar-refractivity contribution is -0.133. The Balaban J connectivity index is 2.35. The summed E-state index contributed by atoms with van der Waals surface area (Å²) in [4.78, 5) is 25.8. The van der Waals surface area contributed by atoms with Crippen LogP contribution in [0.3, 0.4) is 0 Å². The fourth-order valence-corrected chi connectivity index (χ4v) is 5.55. The third-order valence-electron chi connectivity index (χ3n) is 8.01. The third-order valence-corrected chi connectivity index (χ3v) is 8.01. The number of nitrogens with one attached hydrogen (secondary N) is 2. The quantitative estimate of drug-likeness (QED) is 0.0955. The Kier molecular flexibility index (Phi) is 22.6. The molecule has 1 fully saturated rings. The van der Waals surface area contributed by atoms with Gasteiger partial charge in [-0.25, -0.2) is 0 Å². The van der Waals surface area contributed by atoms with E-state index in [0.29, 0.717) is 19.5 Å². The molecule has 3 atom stereocenters. The number of piperazine rings is 1. The molecule has 2 amide bonds. The summed E-state index contributed by atoms with van der Waals surface area (Å²) >= 11 is 0. The highest BCUT2D eigenvalue weighted by Gasteiger charge is 2.25. The van der Waals surface area contributed by atoms with Crippen molar-refractivity contribution in [1.29, 1.82) is 0 Å². The topological polar surface area (TPSA) is 102 Å². The number of nitrogens with zero attached hydrogens (tertiary/aromatic N) is 1. The molecule has 0 aliphatic carbocycles. The van der Waals surface area contributed by atoms with Crippen LogP contribution >= 0.6 is 0 Å². The first kappa shape index (κ1) is 35.8. The first-order chi connectivity index (χ1) is 19.0. The van der Waals surface area contributed by atoms with Gasteiger partial charge in [-0.05, 0) is 38.6 Å². The number of unbranched alkanes of at least 4 members (excludes halogenated alkanes) is 15. The summed E-state index contributed by atoms with van der Waals surface area (Å²) in [7, 11) is 0. The maximum atomic E-state index is 12.0. The fraction of sp³-hybridized carbons (Fsp3) is 0.938. The molecule has 0 saturated carbocycles. The Hall–Kier alpha value is -1.18. The number of carbonyl (C=O) groups excluding carboxylic acids is 2. The van der Waals surface area contributed by atoms with E-state index < -0.39 is 6.04 Å². The van der Waals surface area contributed by atoms with E-state index in [1.54, 1.807) is 0 Å². The maximum absolute atomic E-state index is 12.0. The van der Waals surface area contributed by atoms with Crippen molar-refractivity contribution in [2.45, 2.75) is 167 Å². The molecule has 3 unspecified atom stereocenters. The number of amides is 2. The molecule has 1 aliphatic heterocycles. The molecular formula is C32H63N3O4. The Labute approximate surface area is 240 Å². The van der Waals surface area contributed by atoms with Crippen LogP contribution in [0, 0.1) is 0 Å². The van der Waals surface area contributed by atoms with E-state index >= 15 is 0 Å². The highest BCUT2D eigenvalue weighted by molar-refractivity contribution is 5.94. The van der Waals surface area contributed by atoms with Crippen molar-refractivity contribution in [1.82, 2.24) is 15.5 Å². The van der Waals surface area contributed by atoms with Gasteiger partial charge in [-0.2, -0.15) is 0 Å². The summed E-state index contributed by atoms with van der Waals surface area (Å²) in [6.45, 7) is 6.52. The average molecular weight is 554 g/mol. The van der Waals surface area contributed by atoms with Crippen molar-refractivity contribution in [3.05, 3.63) is 0 Å². The molecular weight excluding hydrogens is 490 g/mol. The van der Waals surface area contributed by atoms with Crippen molar-refractivity contribution in [2.24, 2.45) is 0 Å². The zero-order chi connectivity index (χ0) is 28.6. The van der Waals surface area contributed by atoms with E-state index in [1.807, 2.05) is 0 Å². The van der Waals surface area contributed by atoms with Crippen LogP contribution < -0.4 is 10.6 Å². The van der Waals surface area contributed by atoms with Crippen molar-refractivity contribution in [2.75, 3.05) is 26.2 Å². The maximum Gasteiger partial charge on any atom is 0.243 e. The van der Waals surface area contributed by atoms with Crippen LogP contribution in [-0.2, 0) is 9.59 Å². The van der Waals surface area contributed by atoms with Gasteiger partial charge in [-0.15, -0.1) is 0 Å². The van der Waals surface area contributed by atoms with Crippen molar-refractivity contribution in [3.63, 3.8) is 0 Å². The fourth-order valence-electron chi connectivity index (χ4n) is 5.55.